The van der Waals surface area contributed by atoms with Crippen LogP contribution in [0.3, 0.4) is 0 Å². The van der Waals surface area contributed by atoms with Crippen molar-refractivity contribution in [3.63, 3.8) is 0 Å². The van der Waals surface area contributed by atoms with Crippen molar-refractivity contribution in [2.45, 2.75) is 19.8 Å². The molecule has 0 aliphatic rings. The van der Waals surface area contributed by atoms with Gasteiger partial charge >= 0.3 is 0 Å². The van der Waals surface area contributed by atoms with E-state index >= 15 is 0 Å². The maximum Gasteiger partial charge on any atom is 0.113 e. The highest BCUT2D eigenvalue weighted by molar-refractivity contribution is 9.10. The van der Waals surface area contributed by atoms with Crippen molar-refractivity contribution >= 4 is 21.6 Å². The molecule has 0 atom stereocenters. The van der Waals surface area contributed by atoms with Crippen LogP contribution in [0.4, 0.5) is 5.69 Å². The van der Waals surface area contributed by atoms with Gasteiger partial charge in [0.25, 0.3) is 0 Å². The third-order valence-corrected chi connectivity index (χ3v) is 3.06. The Balaban J connectivity index is 2.46. The number of aromatic nitrogens is 2. The summed E-state index contributed by atoms with van der Waals surface area (Å²) in [5.74, 6) is 1.08. The number of benzene rings is 1. The first kappa shape index (κ1) is 11.2. The largest absolute Gasteiger partial charge is 0.399 e. The first-order valence-corrected chi connectivity index (χ1v) is 6.09. The third kappa shape index (κ3) is 2.11. The average Bonchev–Trinajstić information content (AvgIpc) is 2.67. The van der Waals surface area contributed by atoms with Gasteiger partial charge in [0.05, 0.1) is 5.69 Å². The lowest BCUT2D eigenvalue weighted by atomic mass is 10.2. The number of aryl methyl sites for hydroxylation is 1. The molecule has 2 N–H and O–H groups in total. The van der Waals surface area contributed by atoms with E-state index in [2.05, 4.69) is 32.4 Å². The number of nitrogens with two attached hydrogens (primary N) is 1. The Morgan fingerprint density at radius 3 is 2.94 bits per heavy atom. The molecule has 1 aromatic carbocycles. The quantitative estimate of drug-likeness (QED) is 0.877. The van der Waals surface area contributed by atoms with E-state index in [-0.39, 0.29) is 0 Å². The summed E-state index contributed by atoms with van der Waals surface area (Å²) in [5.41, 5.74) is 7.56. The Kier molecular flexibility index (Phi) is 3.29. The zero-order valence-corrected chi connectivity index (χ0v) is 10.7. The van der Waals surface area contributed by atoms with Gasteiger partial charge in [0.1, 0.15) is 5.82 Å². The second-order valence-corrected chi connectivity index (χ2v) is 4.53. The molecule has 0 fully saturated rings. The Labute approximate surface area is 103 Å². The second kappa shape index (κ2) is 4.70. The van der Waals surface area contributed by atoms with Crippen molar-refractivity contribution in [1.29, 1.82) is 0 Å². The number of nitrogens with zero attached hydrogens (tertiary/aromatic N) is 2. The van der Waals surface area contributed by atoms with Crippen molar-refractivity contribution in [2.24, 2.45) is 0 Å². The zero-order chi connectivity index (χ0) is 11.5. The summed E-state index contributed by atoms with van der Waals surface area (Å²) in [6, 6.07) is 5.81. The number of imidazole rings is 1. The van der Waals surface area contributed by atoms with E-state index in [0.717, 1.165) is 34.5 Å². The number of hydrogen-bond acceptors (Lipinski definition) is 2. The molecule has 2 aromatic rings. The van der Waals surface area contributed by atoms with E-state index in [1.54, 1.807) is 0 Å². The molecule has 1 heterocycles. The lowest BCUT2D eigenvalue weighted by molar-refractivity contribution is 0.808. The van der Waals surface area contributed by atoms with Crippen LogP contribution < -0.4 is 5.73 Å². The van der Waals surface area contributed by atoms with Crippen molar-refractivity contribution < 1.29 is 0 Å². The van der Waals surface area contributed by atoms with Gasteiger partial charge in [-0.05, 0) is 40.5 Å². The standard InChI is InChI=1S/C12H14BrN3/c1-2-3-12-15-6-7-16(12)11-5-4-9(14)8-10(11)13/h4-8H,2-3,14H2,1H3. The summed E-state index contributed by atoms with van der Waals surface area (Å²) >= 11 is 3.53. The second-order valence-electron chi connectivity index (χ2n) is 3.67. The van der Waals surface area contributed by atoms with Crippen molar-refractivity contribution in [3.8, 4) is 5.69 Å². The Hall–Kier alpha value is -1.29. The first-order chi connectivity index (χ1) is 7.72. The van der Waals surface area contributed by atoms with Gasteiger partial charge < -0.3 is 10.3 Å². The fraction of sp³-hybridized carbons (Fsp3) is 0.250. The molecular weight excluding hydrogens is 266 g/mol. The van der Waals surface area contributed by atoms with Crippen LogP contribution in [0.5, 0.6) is 0 Å². The van der Waals surface area contributed by atoms with E-state index in [1.165, 1.54) is 0 Å². The fourth-order valence-electron chi connectivity index (χ4n) is 1.68. The van der Waals surface area contributed by atoms with Crippen molar-refractivity contribution in [2.75, 3.05) is 5.73 Å². The molecule has 1 aromatic heterocycles. The molecule has 0 saturated carbocycles. The van der Waals surface area contributed by atoms with Crippen LogP contribution in [0.15, 0.2) is 35.1 Å². The summed E-state index contributed by atoms with van der Waals surface area (Å²) in [6.45, 7) is 2.15. The average molecular weight is 280 g/mol. The van der Waals surface area contributed by atoms with Gasteiger partial charge in [-0.3, -0.25) is 0 Å². The van der Waals surface area contributed by atoms with Crippen LogP contribution in [0.25, 0.3) is 5.69 Å². The van der Waals surface area contributed by atoms with Crippen LogP contribution in [-0.4, -0.2) is 9.55 Å². The highest BCUT2D eigenvalue weighted by Crippen LogP contribution is 2.24. The van der Waals surface area contributed by atoms with Gasteiger partial charge in [-0.1, -0.05) is 6.92 Å². The van der Waals surface area contributed by atoms with E-state index in [4.69, 9.17) is 5.73 Å². The van der Waals surface area contributed by atoms with Gasteiger partial charge in [-0.2, -0.15) is 0 Å². The number of nitrogen functional groups attached to an aromatic ring is 1. The molecular formula is C12H14BrN3. The molecule has 84 valence electrons. The molecule has 0 saturated heterocycles. The SMILES string of the molecule is CCCc1nccn1-c1ccc(N)cc1Br. The highest BCUT2D eigenvalue weighted by Gasteiger charge is 2.07. The molecule has 16 heavy (non-hydrogen) atoms. The smallest absolute Gasteiger partial charge is 0.113 e. The zero-order valence-electron chi connectivity index (χ0n) is 9.15. The molecule has 0 aliphatic heterocycles. The van der Waals surface area contributed by atoms with Crippen molar-refractivity contribution in [1.82, 2.24) is 9.55 Å². The van der Waals surface area contributed by atoms with Gasteiger partial charge in [0.15, 0.2) is 0 Å². The van der Waals surface area contributed by atoms with Gasteiger partial charge in [-0.25, -0.2) is 4.98 Å². The molecule has 0 radical (unpaired) electrons. The lowest BCUT2D eigenvalue weighted by Crippen LogP contribution is -2.01. The molecule has 0 aliphatic carbocycles. The monoisotopic (exact) mass is 279 g/mol. The highest BCUT2D eigenvalue weighted by atomic mass is 79.9. The minimum atomic E-state index is 0.757. The maximum atomic E-state index is 5.72. The number of halogens is 1. The predicted octanol–water partition coefficient (Wildman–Crippen LogP) is 3.17. The molecule has 0 spiro atoms. The van der Waals surface area contributed by atoms with E-state index in [1.807, 2.05) is 30.6 Å². The van der Waals surface area contributed by atoms with Crippen LogP contribution in [-0.2, 0) is 6.42 Å². The van der Waals surface area contributed by atoms with Crippen LogP contribution in [0, 0.1) is 0 Å². The summed E-state index contributed by atoms with van der Waals surface area (Å²) in [5, 5.41) is 0. The number of hydrogen-bond donors (Lipinski definition) is 1. The normalized spacial score (nSPS) is 10.6. The minimum Gasteiger partial charge on any atom is -0.399 e. The van der Waals surface area contributed by atoms with E-state index in [9.17, 15) is 0 Å². The minimum absolute atomic E-state index is 0.757. The Bertz CT molecular complexity index is 491. The Morgan fingerprint density at radius 1 is 1.44 bits per heavy atom. The fourth-order valence-corrected chi connectivity index (χ4v) is 2.27. The molecule has 2 rings (SSSR count). The van der Waals surface area contributed by atoms with E-state index in [0.29, 0.717) is 0 Å². The molecule has 3 nitrogen and oxygen atoms in total. The number of anilines is 1. The predicted molar refractivity (Wildman–Crippen MR) is 69.7 cm³/mol. The molecule has 0 bridgehead atoms. The summed E-state index contributed by atoms with van der Waals surface area (Å²) in [7, 11) is 0. The molecule has 0 unspecified atom stereocenters. The van der Waals surface area contributed by atoms with E-state index < -0.39 is 0 Å². The van der Waals surface area contributed by atoms with Crippen LogP contribution in [0.1, 0.15) is 19.2 Å². The lowest BCUT2D eigenvalue weighted by Gasteiger charge is -2.09. The summed E-state index contributed by atoms with van der Waals surface area (Å²) < 4.78 is 3.08. The maximum absolute atomic E-state index is 5.72. The summed E-state index contributed by atoms with van der Waals surface area (Å²) in [6.07, 6.45) is 5.86. The topological polar surface area (TPSA) is 43.8 Å². The van der Waals surface area contributed by atoms with Crippen LogP contribution >= 0.6 is 15.9 Å². The first-order valence-electron chi connectivity index (χ1n) is 5.30. The van der Waals surface area contributed by atoms with Gasteiger partial charge in [-0.15, -0.1) is 0 Å². The molecule has 0 amide bonds. The molecule has 4 heteroatoms. The van der Waals surface area contributed by atoms with Crippen molar-refractivity contribution in [3.05, 3.63) is 40.9 Å². The van der Waals surface area contributed by atoms with Gasteiger partial charge in [0.2, 0.25) is 0 Å². The van der Waals surface area contributed by atoms with Crippen LogP contribution in [0.2, 0.25) is 0 Å². The number of rotatable bonds is 3. The third-order valence-electron chi connectivity index (χ3n) is 2.42. The van der Waals surface area contributed by atoms with Gasteiger partial charge in [0, 0.05) is 29.0 Å². The Morgan fingerprint density at radius 2 is 2.25 bits per heavy atom. The summed E-state index contributed by atoms with van der Waals surface area (Å²) in [4.78, 5) is 4.36.